The van der Waals surface area contributed by atoms with Gasteiger partial charge in [-0.25, -0.2) is 4.79 Å². The number of hydrogen-bond donors (Lipinski definition) is 4. The molecular formula is C22H22N4O3. The van der Waals surface area contributed by atoms with Crippen molar-refractivity contribution in [2.24, 2.45) is 5.73 Å². The van der Waals surface area contributed by atoms with E-state index in [1.807, 2.05) is 24.3 Å². The van der Waals surface area contributed by atoms with Crippen molar-refractivity contribution in [3.8, 4) is 5.75 Å². The molecule has 0 spiro atoms. The third-order valence-corrected chi connectivity index (χ3v) is 4.19. The van der Waals surface area contributed by atoms with Crippen molar-refractivity contribution < 1.29 is 14.3 Å². The van der Waals surface area contributed by atoms with Gasteiger partial charge in [0.05, 0.1) is 12.7 Å². The minimum absolute atomic E-state index is 0.359. The molecule has 3 rings (SSSR count). The van der Waals surface area contributed by atoms with Gasteiger partial charge in [-0.05, 0) is 42.0 Å². The molecule has 7 nitrogen and oxygen atoms in total. The Bertz CT molecular complexity index is 1020. The van der Waals surface area contributed by atoms with Gasteiger partial charge in [-0.2, -0.15) is 0 Å². The van der Waals surface area contributed by atoms with E-state index in [0.717, 1.165) is 5.56 Å². The number of methoxy groups -OCH3 is 1. The van der Waals surface area contributed by atoms with Crippen LogP contribution in [-0.4, -0.2) is 19.0 Å². The van der Waals surface area contributed by atoms with Crippen LogP contribution in [0.3, 0.4) is 0 Å². The second kappa shape index (κ2) is 9.27. The summed E-state index contributed by atoms with van der Waals surface area (Å²) in [6.07, 6.45) is 0. The molecule has 0 saturated carbocycles. The van der Waals surface area contributed by atoms with Crippen LogP contribution in [0.1, 0.15) is 15.9 Å². The number of carbonyl (C=O) groups is 2. The minimum atomic E-state index is -0.488. The largest absolute Gasteiger partial charge is 0.497 e. The van der Waals surface area contributed by atoms with E-state index in [9.17, 15) is 9.59 Å². The van der Waals surface area contributed by atoms with E-state index in [-0.39, 0.29) is 6.03 Å². The van der Waals surface area contributed by atoms with Gasteiger partial charge in [0.1, 0.15) is 5.75 Å². The van der Waals surface area contributed by atoms with Gasteiger partial charge in [0.15, 0.2) is 0 Å². The predicted molar refractivity (Wildman–Crippen MR) is 114 cm³/mol. The summed E-state index contributed by atoms with van der Waals surface area (Å²) in [6.45, 7) is 0.470. The van der Waals surface area contributed by atoms with Crippen LogP contribution in [0, 0.1) is 0 Å². The van der Waals surface area contributed by atoms with E-state index in [0.29, 0.717) is 34.9 Å². The van der Waals surface area contributed by atoms with E-state index in [1.54, 1.807) is 55.6 Å². The fourth-order valence-corrected chi connectivity index (χ4v) is 2.80. The Labute approximate surface area is 168 Å². The molecule has 0 aliphatic carbocycles. The van der Waals surface area contributed by atoms with Crippen LogP contribution >= 0.6 is 0 Å². The quantitative estimate of drug-likeness (QED) is 0.488. The summed E-state index contributed by atoms with van der Waals surface area (Å²) in [6, 6.07) is 21.2. The van der Waals surface area contributed by atoms with Crippen LogP contribution < -0.4 is 26.4 Å². The average molecular weight is 390 g/mol. The summed E-state index contributed by atoms with van der Waals surface area (Å²) in [5.74, 6) is 0.171. The molecule has 0 saturated heterocycles. The number of hydrogen-bond acceptors (Lipinski definition) is 4. The number of amides is 3. The molecule has 0 aliphatic rings. The van der Waals surface area contributed by atoms with Crippen molar-refractivity contribution >= 4 is 29.0 Å². The zero-order valence-electron chi connectivity index (χ0n) is 15.9. The number of nitrogens with two attached hydrogens (primary N) is 1. The third-order valence-electron chi connectivity index (χ3n) is 4.19. The van der Waals surface area contributed by atoms with Gasteiger partial charge in [-0.3, -0.25) is 4.79 Å². The zero-order chi connectivity index (χ0) is 20.6. The number of rotatable bonds is 7. The van der Waals surface area contributed by atoms with E-state index in [4.69, 9.17) is 10.5 Å². The summed E-state index contributed by atoms with van der Waals surface area (Å²) >= 11 is 0. The van der Waals surface area contributed by atoms with Gasteiger partial charge >= 0.3 is 6.03 Å². The summed E-state index contributed by atoms with van der Waals surface area (Å²) in [4.78, 5) is 23.8. The molecule has 0 radical (unpaired) electrons. The molecule has 0 aliphatic heterocycles. The maximum atomic E-state index is 12.3. The van der Waals surface area contributed by atoms with Gasteiger partial charge in [0, 0.05) is 29.7 Å². The number of ether oxygens (including phenoxy) is 1. The fourth-order valence-electron chi connectivity index (χ4n) is 2.80. The smallest absolute Gasteiger partial charge is 0.323 e. The molecule has 0 atom stereocenters. The van der Waals surface area contributed by atoms with Gasteiger partial charge < -0.3 is 26.4 Å². The highest BCUT2D eigenvalue weighted by atomic mass is 16.5. The third kappa shape index (κ3) is 5.49. The van der Waals surface area contributed by atoms with Crippen LogP contribution in [0.5, 0.6) is 5.75 Å². The van der Waals surface area contributed by atoms with Gasteiger partial charge in [-0.15, -0.1) is 0 Å². The Balaban J connectivity index is 1.62. The Morgan fingerprint density at radius 1 is 0.897 bits per heavy atom. The molecule has 3 amide bonds. The molecule has 3 aromatic rings. The lowest BCUT2D eigenvalue weighted by Gasteiger charge is -2.12. The van der Waals surface area contributed by atoms with E-state index in [2.05, 4.69) is 16.0 Å². The summed E-state index contributed by atoms with van der Waals surface area (Å²) in [7, 11) is 1.57. The van der Waals surface area contributed by atoms with Crippen LogP contribution in [0.2, 0.25) is 0 Å². The first-order valence-corrected chi connectivity index (χ1v) is 8.99. The topological polar surface area (TPSA) is 105 Å². The van der Waals surface area contributed by atoms with Gasteiger partial charge in [0.25, 0.3) is 5.91 Å². The van der Waals surface area contributed by atoms with Crippen LogP contribution in [-0.2, 0) is 6.54 Å². The molecule has 3 aromatic carbocycles. The molecule has 0 unspecified atom stereocenters. The first kappa shape index (κ1) is 19.8. The van der Waals surface area contributed by atoms with Crippen molar-refractivity contribution in [3.63, 3.8) is 0 Å². The summed E-state index contributed by atoms with van der Waals surface area (Å²) < 4.78 is 5.15. The van der Waals surface area contributed by atoms with E-state index >= 15 is 0 Å². The van der Waals surface area contributed by atoms with Gasteiger partial charge in [-0.1, -0.05) is 30.3 Å². The number of para-hydroxylation sites is 1. The number of primary amides is 1. The Hall–Kier alpha value is -4.00. The molecule has 7 heteroatoms. The number of anilines is 3. The maximum absolute atomic E-state index is 12.3. The lowest BCUT2D eigenvalue weighted by Crippen LogP contribution is -2.19. The first-order valence-electron chi connectivity index (χ1n) is 8.99. The van der Waals surface area contributed by atoms with Crippen molar-refractivity contribution in [2.45, 2.75) is 6.54 Å². The second-order valence-electron chi connectivity index (χ2n) is 6.27. The fraction of sp³-hybridized carbons (Fsp3) is 0.0909. The lowest BCUT2D eigenvalue weighted by molar-refractivity contribution is 0.100. The van der Waals surface area contributed by atoms with E-state index in [1.165, 1.54) is 0 Å². The molecule has 148 valence electrons. The molecule has 0 bridgehead atoms. The van der Waals surface area contributed by atoms with Crippen molar-refractivity contribution in [1.29, 1.82) is 0 Å². The van der Waals surface area contributed by atoms with Crippen molar-refractivity contribution in [3.05, 3.63) is 83.9 Å². The minimum Gasteiger partial charge on any atom is -0.497 e. The van der Waals surface area contributed by atoms with E-state index < -0.39 is 5.91 Å². The lowest BCUT2D eigenvalue weighted by atomic mass is 10.1. The molecule has 29 heavy (non-hydrogen) atoms. The maximum Gasteiger partial charge on any atom is 0.323 e. The molecule has 0 fully saturated rings. The normalized spacial score (nSPS) is 10.1. The summed E-state index contributed by atoms with van der Waals surface area (Å²) in [5, 5.41) is 8.77. The second-order valence-corrected chi connectivity index (χ2v) is 6.27. The number of benzene rings is 3. The molecule has 5 N–H and O–H groups in total. The Morgan fingerprint density at radius 2 is 1.59 bits per heavy atom. The van der Waals surface area contributed by atoms with Crippen LogP contribution in [0.4, 0.5) is 21.9 Å². The predicted octanol–water partition coefficient (Wildman–Crippen LogP) is 4.05. The molecule has 0 heterocycles. The Morgan fingerprint density at radius 3 is 2.31 bits per heavy atom. The van der Waals surface area contributed by atoms with Crippen molar-refractivity contribution in [1.82, 2.24) is 0 Å². The van der Waals surface area contributed by atoms with Crippen LogP contribution in [0.15, 0.2) is 72.8 Å². The Kier molecular flexibility index (Phi) is 6.32. The highest BCUT2D eigenvalue weighted by Gasteiger charge is 2.08. The zero-order valence-corrected chi connectivity index (χ0v) is 15.9. The standard InChI is InChI=1S/C22H22N4O3/c1-29-18-9-5-8-17(13-18)26-22(28)25-16-7-4-6-15(12-16)14-24-20-11-3-2-10-19(20)21(23)27/h2-13,24H,14H2,1H3,(H2,23,27)(H2,25,26,28). The van der Waals surface area contributed by atoms with Gasteiger partial charge in [0.2, 0.25) is 0 Å². The molecule has 0 aromatic heterocycles. The number of nitrogens with one attached hydrogen (secondary N) is 3. The average Bonchev–Trinajstić information content (AvgIpc) is 2.72. The monoisotopic (exact) mass is 390 g/mol. The summed E-state index contributed by atoms with van der Waals surface area (Å²) in [5.41, 5.74) is 8.70. The SMILES string of the molecule is COc1cccc(NC(=O)Nc2cccc(CNc3ccccc3C(N)=O)c2)c1. The number of urea groups is 1. The van der Waals surface area contributed by atoms with Crippen molar-refractivity contribution in [2.75, 3.05) is 23.1 Å². The highest BCUT2D eigenvalue weighted by molar-refractivity contribution is 6.00. The van der Waals surface area contributed by atoms with Crippen LogP contribution in [0.25, 0.3) is 0 Å². The first-order chi connectivity index (χ1) is 14.0. The highest BCUT2D eigenvalue weighted by Crippen LogP contribution is 2.19. The molecular weight excluding hydrogens is 368 g/mol. The number of carbonyl (C=O) groups excluding carboxylic acids is 2.